The van der Waals surface area contributed by atoms with E-state index in [4.69, 9.17) is 0 Å². The molecule has 0 radical (unpaired) electrons. The van der Waals surface area contributed by atoms with Crippen LogP contribution in [0, 0.1) is 5.92 Å². The van der Waals surface area contributed by atoms with E-state index < -0.39 is 0 Å². The van der Waals surface area contributed by atoms with Gasteiger partial charge in [0.25, 0.3) is 0 Å². The maximum absolute atomic E-state index is 13.1. The summed E-state index contributed by atoms with van der Waals surface area (Å²) < 4.78 is 0. The Bertz CT molecular complexity index is 759. The molecule has 6 heteroatoms. The van der Waals surface area contributed by atoms with Crippen LogP contribution in [0.1, 0.15) is 71.3 Å². The van der Waals surface area contributed by atoms with E-state index in [2.05, 4.69) is 20.4 Å². The molecular weight excluding hydrogens is 376 g/mol. The number of benzene rings is 1. The Kier molecular flexibility index (Phi) is 6.94. The van der Waals surface area contributed by atoms with Crippen molar-refractivity contribution in [3.8, 4) is 0 Å². The largest absolute Gasteiger partial charge is 0.377 e. The second-order valence-corrected chi connectivity index (χ2v) is 10.1. The van der Waals surface area contributed by atoms with Crippen LogP contribution in [0.25, 0.3) is 0 Å². The van der Waals surface area contributed by atoms with E-state index in [0.717, 1.165) is 42.6 Å². The van der Waals surface area contributed by atoms with Crippen LogP contribution in [-0.4, -0.2) is 42.5 Å². The summed E-state index contributed by atoms with van der Waals surface area (Å²) in [5.74, 6) is 0.532. The Labute approximate surface area is 181 Å². The average Bonchev–Trinajstić information content (AvgIpc) is 3.50. The Morgan fingerprint density at radius 1 is 1.03 bits per heavy atom. The summed E-state index contributed by atoms with van der Waals surface area (Å²) in [5, 5.41) is 5.88. The quantitative estimate of drug-likeness (QED) is 0.706. The van der Waals surface area contributed by atoms with Crippen molar-refractivity contribution >= 4 is 23.3 Å². The van der Waals surface area contributed by atoms with Gasteiger partial charge >= 0.3 is 6.03 Å². The van der Waals surface area contributed by atoms with E-state index in [1.165, 1.54) is 19.3 Å². The zero-order chi connectivity index (χ0) is 21.9. The highest BCUT2D eigenvalue weighted by atomic mass is 16.2. The van der Waals surface area contributed by atoms with Crippen LogP contribution in [-0.2, 0) is 11.3 Å². The summed E-state index contributed by atoms with van der Waals surface area (Å²) in [7, 11) is 4.04. The van der Waals surface area contributed by atoms with Crippen LogP contribution < -0.4 is 15.5 Å². The molecular formula is C24H38N4O2. The van der Waals surface area contributed by atoms with Crippen LogP contribution in [0.4, 0.5) is 16.2 Å². The molecule has 2 aliphatic rings. The van der Waals surface area contributed by atoms with Gasteiger partial charge in [-0.25, -0.2) is 4.79 Å². The number of urea groups is 1. The third-order valence-electron chi connectivity index (χ3n) is 5.87. The minimum atomic E-state index is -0.301. The lowest BCUT2D eigenvalue weighted by Crippen LogP contribution is -2.43. The van der Waals surface area contributed by atoms with Crippen LogP contribution in [0.15, 0.2) is 18.2 Å². The molecule has 0 spiro atoms. The van der Waals surface area contributed by atoms with Crippen LogP contribution in [0.3, 0.4) is 0 Å². The number of nitrogens with zero attached hydrogens (tertiary/aromatic N) is 2. The molecule has 0 atom stereocenters. The lowest BCUT2D eigenvalue weighted by Gasteiger charge is -2.35. The molecule has 0 heterocycles. The van der Waals surface area contributed by atoms with Gasteiger partial charge in [-0.2, -0.15) is 0 Å². The molecule has 2 fully saturated rings. The maximum atomic E-state index is 13.1. The predicted molar refractivity (Wildman–Crippen MR) is 123 cm³/mol. The molecule has 0 unspecified atom stereocenters. The SMILES string of the molecule is CN(C)c1ccc(NC(=O)NC(C)(C)C)cc1CN(C(=O)C1CC1)C1CCCCC1. The van der Waals surface area contributed by atoms with Crippen LogP contribution >= 0.6 is 0 Å². The predicted octanol–water partition coefficient (Wildman–Crippen LogP) is 4.74. The topological polar surface area (TPSA) is 64.7 Å². The zero-order valence-corrected chi connectivity index (χ0v) is 19.3. The Morgan fingerprint density at radius 2 is 1.70 bits per heavy atom. The van der Waals surface area contributed by atoms with Gasteiger partial charge in [0.15, 0.2) is 0 Å². The molecule has 1 aromatic rings. The molecule has 6 nitrogen and oxygen atoms in total. The molecule has 0 aromatic heterocycles. The van der Waals surface area contributed by atoms with Crippen molar-refractivity contribution < 1.29 is 9.59 Å². The molecule has 166 valence electrons. The van der Waals surface area contributed by atoms with E-state index in [1.54, 1.807) is 0 Å². The minimum Gasteiger partial charge on any atom is -0.377 e. The fourth-order valence-electron chi connectivity index (χ4n) is 4.26. The number of amides is 3. The lowest BCUT2D eigenvalue weighted by molar-refractivity contribution is -0.136. The van der Waals surface area contributed by atoms with Crippen LogP contribution in [0.5, 0.6) is 0 Å². The van der Waals surface area contributed by atoms with Crippen molar-refractivity contribution in [2.45, 2.75) is 83.8 Å². The number of hydrogen-bond acceptors (Lipinski definition) is 3. The number of nitrogens with one attached hydrogen (secondary N) is 2. The standard InChI is InChI=1S/C24H38N4O2/c1-24(2,3)26-23(30)25-19-13-14-21(27(4)5)18(15-19)16-28(22(29)17-11-12-17)20-9-7-6-8-10-20/h13-15,17,20H,6-12,16H2,1-5H3,(H2,25,26,30). The first kappa shape index (κ1) is 22.4. The third kappa shape index (κ3) is 6.13. The number of anilines is 2. The second kappa shape index (κ2) is 9.27. The van der Waals surface area contributed by atoms with Crippen molar-refractivity contribution in [1.29, 1.82) is 0 Å². The highest BCUT2D eigenvalue weighted by Gasteiger charge is 2.37. The van der Waals surface area contributed by atoms with Gasteiger partial charge in [0.05, 0.1) is 0 Å². The van der Waals surface area contributed by atoms with E-state index in [-0.39, 0.29) is 17.5 Å². The second-order valence-electron chi connectivity index (χ2n) is 10.1. The lowest BCUT2D eigenvalue weighted by atomic mass is 9.93. The first-order valence-corrected chi connectivity index (χ1v) is 11.3. The van der Waals surface area contributed by atoms with Gasteiger partial charge < -0.3 is 20.4 Å². The Balaban J connectivity index is 1.83. The molecule has 1 aromatic carbocycles. The number of carbonyl (C=O) groups excluding carboxylic acids is 2. The highest BCUT2D eigenvalue weighted by Crippen LogP contribution is 2.36. The Hall–Kier alpha value is -2.24. The molecule has 3 rings (SSSR count). The Morgan fingerprint density at radius 3 is 2.27 bits per heavy atom. The van der Waals surface area contributed by atoms with Gasteiger partial charge in [-0.3, -0.25) is 4.79 Å². The van der Waals surface area contributed by atoms with Crippen molar-refractivity contribution in [1.82, 2.24) is 10.2 Å². The fraction of sp³-hybridized carbons (Fsp3) is 0.667. The number of carbonyl (C=O) groups is 2. The maximum Gasteiger partial charge on any atom is 0.319 e. The summed E-state index contributed by atoms with van der Waals surface area (Å²) in [6.45, 7) is 6.47. The van der Waals surface area contributed by atoms with Gasteiger partial charge in [-0.15, -0.1) is 0 Å². The molecule has 2 aliphatic carbocycles. The van der Waals surface area contributed by atoms with Gasteiger partial charge in [0, 0.05) is 49.5 Å². The van der Waals surface area contributed by atoms with Gasteiger partial charge in [0.1, 0.15) is 0 Å². The van der Waals surface area contributed by atoms with Crippen molar-refractivity contribution in [3.63, 3.8) is 0 Å². The molecule has 0 bridgehead atoms. The summed E-state index contributed by atoms with van der Waals surface area (Å²) in [6.07, 6.45) is 7.92. The summed E-state index contributed by atoms with van der Waals surface area (Å²) in [6, 6.07) is 6.09. The summed E-state index contributed by atoms with van der Waals surface area (Å²) in [4.78, 5) is 29.7. The number of hydrogen-bond donors (Lipinski definition) is 2. The first-order chi connectivity index (χ1) is 14.1. The van der Waals surface area contributed by atoms with Gasteiger partial charge in [-0.1, -0.05) is 19.3 Å². The summed E-state index contributed by atoms with van der Waals surface area (Å²) in [5.41, 5.74) is 2.61. The summed E-state index contributed by atoms with van der Waals surface area (Å²) >= 11 is 0. The van der Waals surface area contributed by atoms with Crippen molar-refractivity contribution in [2.75, 3.05) is 24.3 Å². The molecule has 2 N–H and O–H groups in total. The smallest absolute Gasteiger partial charge is 0.319 e. The molecule has 2 saturated carbocycles. The fourth-order valence-corrected chi connectivity index (χ4v) is 4.26. The highest BCUT2D eigenvalue weighted by molar-refractivity contribution is 5.90. The normalized spacial score (nSPS) is 17.4. The van der Waals surface area contributed by atoms with Crippen molar-refractivity contribution in [3.05, 3.63) is 23.8 Å². The molecule has 0 aliphatic heterocycles. The first-order valence-electron chi connectivity index (χ1n) is 11.3. The van der Waals surface area contributed by atoms with Crippen LogP contribution in [0.2, 0.25) is 0 Å². The monoisotopic (exact) mass is 414 g/mol. The van der Waals surface area contributed by atoms with E-state index in [0.29, 0.717) is 18.5 Å². The zero-order valence-electron chi connectivity index (χ0n) is 19.3. The van der Waals surface area contributed by atoms with E-state index >= 15 is 0 Å². The molecule has 0 saturated heterocycles. The van der Waals surface area contributed by atoms with E-state index in [9.17, 15) is 9.59 Å². The van der Waals surface area contributed by atoms with E-state index in [1.807, 2.05) is 53.1 Å². The molecule has 30 heavy (non-hydrogen) atoms. The van der Waals surface area contributed by atoms with Gasteiger partial charge in [-0.05, 0) is 70.2 Å². The van der Waals surface area contributed by atoms with Gasteiger partial charge in [0.2, 0.25) is 5.91 Å². The number of rotatable bonds is 6. The average molecular weight is 415 g/mol. The van der Waals surface area contributed by atoms with Crippen molar-refractivity contribution in [2.24, 2.45) is 5.92 Å². The molecule has 3 amide bonds. The third-order valence-corrected chi connectivity index (χ3v) is 5.87. The minimum absolute atomic E-state index is 0.216.